The Balaban J connectivity index is 1.31. The number of para-hydroxylation sites is 2. The molecule has 0 saturated carbocycles. The highest BCUT2D eigenvalue weighted by Gasteiger charge is 2.34. The van der Waals surface area contributed by atoms with Crippen molar-refractivity contribution in [1.29, 1.82) is 0 Å². The van der Waals surface area contributed by atoms with Gasteiger partial charge in [-0.25, -0.2) is 15.0 Å². The molecule has 0 aliphatic rings. The molecule has 3 heterocycles. The number of aromatic nitrogens is 4. The van der Waals surface area contributed by atoms with E-state index in [-0.39, 0.29) is 5.56 Å². The second kappa shape index (κ2) is 12.3. The maximum atomic E-state index is 14.9. The maximum Gasteiger partial charge on any atom is 0.417 e. The molecule has 5 nitrogen and oxygen atoms in total. The SMILES string of the molecule is FC(F)(F)c1ccccc1-c1cc(-c2nc(-c3ccccc3)nc(-c3ccccc3)n2)ccc1-n1c2ccccc2c2ccc3oc4ccccc4c3c21. The van der Waals surface area contributed by atoms with E-state index in [1.165, 1.54) is 12.1 Å². The Hall–Kier alpha value is -7.06. The minimum absolute atomic E-state index is 0.0395. The Morgan fingerprint density at radius 3 is 1.76 bits per heavy atom. The van der Waals surface area contributed by atoms with E-state index in [0.29, 0.717) is 39.9 Å². The highest BCUT2D eigenvalue weighted by molar-refractivity contribution is 6.24. The van der Waals surface area contributed by atoms with Gasteiger partial charge < -0.3 is 8.98 Å². The molecule has 0 bridgehead atoms. The second-order valence-corrected chi connectivity index (χ2v) is 13.1. The molecule has 0 spiro atoms. The van der Waals surface area contributed by atoms with E-state index in [2.05, 4.69) is 4.57 Å². The third kappa shape index (κ3) is 5.14. The molecule has 54 heavy (non-hydrogen) atoms. The van der Waals surface area contributed by atoms with Gasteiger partial charge in [0.25, 0.3) is 0 Å². The van der Waals surface area contributed by atoms with Gasteiger partial charge in [0.2, 0.25) is 0 Å². The zero-order chi connectivity index (χ0) is 36.4. The third-order valence-corrected chi connectivity index (χ3v) is 9.89. The standard InChI is InChI=1S/C46H27F3N4O/c47-46(48,49)36-20-10-7-17-31(36)35-27-30(45-51-43(28-13-3-1-4-14-28)50-44(52-45)29-15-5-2-6-16-29)23-25-38(35)53-37-21-11-8-18-32(37)33-24-26-40-41(42(33)53)34-19-9-12-22-39(34)54-40/h1-27H. The smallest absolute Gasteiger partial charge is 0.417 e. The van der Waals surface area contributed by atoms with Gasteiger partial charge in [0.15, 0.2) is 17.5 Å². The minimum Gasteiger partial charge on any atom is -0.456 e. The van der Waals surface area contributed by atoms with Gasteiger partial charge in [-0.15, -0.1) is 0 Å². The van der Waals surface area contributed by atoms with E-state index >= 15 is 0 Å². The predicted octanol–water partition coefficient (Wildman–Crippen LogP) is 12.6. The third-order valence-electron chi connectivity index (χ3n) is 9.89. The zero-order valence-electron chi connectivity index (χ0n) is 28.4. The number of hydrogen-bond acceptors (Lipinski definition) is 4. The molecular formula is C46H27F3N4O. The lowest BCUT2D eigenvalue weighted by atomic mass is 9.95. The first-order chi connectivity index (χ1) is 26.4. The number of halogens is 3. The second-order valence-electron chi connectivity index (χ2n) is 13.1. The van der Waals surface area contributed by atoms with Gasteiger partial charge in [-0.3, -0.25) is 0 Å². The maximum absolute atomic E-state index is 14.9. The summed E-state index contributed by atoms with van der Waals surface area (Å²) in [6.07, 6.45) is -4.62. The highest BCUT2D eigenvalue weighted by atomic mass is 19.4. The van der Waals surface area contributed by atoms with Crippen molar-refractivity contribution in [3.63, 3.8) is 0 Å². The van der Waals surface area contributed by atoms with E-state index in [0.717, 1.165) is 55.4 Å². The molecule has 0 radical (unpaired) electrons. The van der Waals surface area contributed by atoms with Crippen molar-refractivity contribution < 1.29 is 17.6 Å². The summed E-state index contributed by atoms with van der Waals surface area (Å²) in [5, 5.41) is 3.73. The molecule has 10 rings (SSSR count). The molecule has 0 aliphatic heterocycles. The van der Waals surface area contributed by atoms with Crippen LogP contribution >= 0.6 is 0 Å². The largest absolute Gasteiger partial charge is 0.456 e. The molecule has 0 amide bonds. The molecule has 258 valence electrons. The van der Waals surface area contributed by atoms with Crippen LogP contribution in [-0.2, 0) is 6.18 Å². The number of benzene rings is 7. The number of furan rings is 1. The summed E-state index contributed by atoms with van der Waals surface area (Å²) in [4.78, 5) is 14.6. The number of alkyl halides is 3. The van der Waals surface area contributed by atoms with Crippen molar-refractivity contribution >= 4 is 43.7 Å². The van der Waals surface area contributed by atoms with Gasteiger partial charge >= 0.3 is 6.18 Å². The summed E-state index contributed by atoms with van der Waals surface area (Å²) in [5.74, 6) is 1.25. The lowest BCUT2D eigenvalue weighted by molar-refractivity contribution is -0.137. The van der Waals surface area contributed by atoms with Crippen LogP contribution in [0.1, 0.15) is 5.56 Å². The molecule has 0 fully saturated rings. The van der Waals surface area contributed by atoms with E-state index in [1.54, 1.807) is 12.1 Å². The minimum atomic E-state index is -4.62. The Bertz CT molecular complexity index is 2980. The van der Waals surface area contributed by atoms with Crippen LogP contribution in [0.2, 0.25) is 0 Å². The highest BCUT2D eigenvalue weighted by Crippen LogP contribution is 2.45. The Kier molecular flexibility index (Phi) is 7.20. The number of hydrogen-bond donors (Lipinski definition) is 0. The molecule has 0 saturated heterocycles. The lowest BCUT2D eigenvalue weighted by Gasteiger charge is -2.19. The van der Waals surface area contributed by atoms with E-state index in [9.17, 15) is 13.2 Å². The van der Waals surface area contributed by atoms with Gasteiger partial charge in [0, 0.05) is 38.4 Å². The summed E-state index contributed by atoms with van der Waals surface area (Å²) in [7, 11) is 0. The van der Waals surface area contributed by atoms with Gasteiger partial charge in [-0.2, -0.15) is 13.2 Å². The van der Waals surface area contributed by atoms with Crippen molar-refractivity contribution in [3.8, 4) is 51.0 Å². The fourth-order valence-electron chi connectivity index (χ4n) is 7.50. The van der Waals surface area contributed by atoms with Gasteiger partial charge in [-0.1, -0.05) is 115 Å². The van der Waals surface area contributed by atoms with Crippen LogP contribution in [0.5, 0.6) is 0 Å². The van der Waals surface area contributed by atoms with Gasteiger partial charge in [0.05, 0.1) is 27.7 Å². The Morgan fingerprint density at radius 1 is 0.463 bits per heavy atom. The van der Waals surface area contributed by atoms with Gasteiger partial charge in [-0.05, 0) is 54.1 Å². The molecule has 8 heteroatoms. The number of nitrogens with zero attached hydrogens (tertiary/aromatic N) is 4. The van der Waals surface area contributed by atoms with Crippen LogP contribution in [0.25, 0.3) is 94.7 Å². The van der Waals surface area contributed by atoms with E-state index < -0.39 is 11.7 Å². The molecular weight excluding hydrogens is 682 g/mol. The topological polar surface area (TPSA) is 56.7 Å². The predicted molar refractivity (Wildman–Crippen MR) is 208 cm³/mol. The van der Waals surface area contributed by atoms with E-state index in [1.807, 2.05) is 133 Å². The first-order valence-corrected chi connectivity index (χ1v) is 17.4. The van der Waals surface area contributed by atoms with Crippen LogP contribution in [0.15, 0.2) is 168 Å². The lowest BCUT2D eigenvalue weighted by Crippen LogP contribution is -2.08. The van der Waals surface area contributed by atoms with E-state index in [4.69, 9.17) is 19.4 Å². The van der Waals surface area contributed by atoms with Crippen molar-refractivity contribution in [1.82, 2.24) is 19.5 Å². The normalized spacial score (nSPS) is 12.0. The first-order valence-electron chi connectivity index (χ1n) is 17.4. The molecule has 3 aromatic heterocycles. The fourth-order valence-corrected chi connectivity index (χ4v) is 7.50. The van der Waals surface area contributed by atoms with Crippen molar-refractivity contribution in [2.24, 2.45) is 0 Å². The molecule has 0 aliphatic carbocycles. The van der Waals surface area contributed by atoms with Crippen LogP contribution < -0.4 is 0 Å². The molecule has 0 atom stereocenters. The molecule has 7 aromatic carbocycles. The first kappa shape index (κ1) is 31.7. The summed E-state index contributed by atoms with van der Waals surface area (Å²) >= 11 is 0. The van der Waals surface area contributed by atoms with Crippen molar-refractivity contribution in [3.05, 3.63) is 169 Å². The zero-order valence-corrected chi connectivity index (χ0v) is 28.4. The molecule has 0 N–H and O–H groups in total. The molecule has 0 unspecified atom stereocenters. The number of fused-ring (bicyclic) bond motifs is 7. The van der Waals surface area contributed by atoms with Crippen molar-refractivity contribution in [2.75, 3.05) is 0 Å². The molecule has 10 aromatic rings. The average molecular weight is 709 g/mol. The van der Waals surface area contributed by atoms with Crippen molar-refractivity contribution in [2.45, 2.75) is 6.18 Å². The quantitative estimate of drug-likeness (QED) is 0.179. The average Bonchev–Trinajstić information content (AvgIpc) is 3.76. The van der Waals surface area contributed by atoms with Crippen LogP contribution in [0.4, 0.5) is 13.2 Å². The summed E-state index contributed by atoms with van der Waals surface area (Å²) in [6.45, 7) is 0. The van der Waals surface area contributed by atoms with Crippen LogP contribution in [0.3, 0.4) is 0 Å². The van der Waals surface area contributed by atoms with Gasteiger partial charge in [0.1, 0.15) is 11.2 Å². The summed E-state index contributed by atoms with van der Waals surface area (Å²) in [5.41, 5.74) is 5.47. The Labute approximate surface area is 306 Å². The summed E-state index contributed by atoms with van der Waals surface area (Å²) < 4.78 is 53.1. The van der Waals surface area contributed by atoms with Crippen LogP contribution in [0, 0.1) is 0 Å². The Morgan fingerprint density at radius 2 is 1.06 bits per heavy atom. The van der Waals surface area contributed by atoms with Crippen LogP contribution in [-0.4, -0.2) is 19.5 Å². The summed E-state index contributed by atoms with van der Waals surface area (Å²) in [6, 6.07) is 50.2. The fraction of sp³-hybridized carbons (Fsp3) is 0.0217. The monoisotopic (exact) mass is 708 g/mol. The number of rotatable bonds is 5.